The van der Waals surface area contributed by atoms with Crippen molar-refractivity contribution < 1.29 is 18.0 Å². The Morgan fingerprint density at radius 2 is 1.76 bits per heavy atom. The van der Waals surface area contributed by atoms with E-state index in [1.807, 2.05) is 0 Å². The Morgan fingerprint density at radius 3 is 2.24 bits per heavy atom. The molecule has 7 heteroatoms. The van der Waals surface area contributed by atoms with Gasteiger partial charge in [0.1, 0.15) is 5.41 Å². The minimum atomic E-state index is -3.04. The van der Waals surface area contributed by atoms with Crippen molar-refractivity contribution in [1.29, 1.82) is 0 Å². The molecule has 2 heterocycles. The van der Waals surface area contributed by atoms with Crippen molar-refractivity contribution in [3.63, 3.8) is 0 Å². The van der Waals surface area contributed by atoms with E-state index in [1.54, 1.807) is 25.8 Å². The van der Waals surface area contributed by atoms with Gasteiger partial charge in [-0.25, -0.2) is 8.42 Å². The zero-order valence-corrected chi connectivity index (χ0v) is 13.8. The van der Waals surface area contributed by atoms with Crippen LogP contribution in [0.5, 0.6) is 0 Å². The summed E-state index contributed by atoms with van der Waals surface area (Å²) in [5.74, 6) is -0.321. The summed E-state index contributed by atoms with van der Waals surface area (Å²) in [5, 5.41) is 0. The number of nitrogens with zero attached hydrogens (tertiary/aromatic N) is 2. The SMILES string of the molecule is CN(C(=O)C(C)(C)C(=O)N1CCCC1)C1CCS(=O)(=O)C1. The van der Waals surface area contributed by atoms with Gasteiger partial charge in [-0.15, -0.1) is 0 Å². The molecule has 1 atom stereocenters. The summed E-state index contributed by atoms with van der Waals surface area (Å²) in [6.07, 6.45) is 2.41. The first kappa shape index (κ1) is 16.3. The Kier molecular flexibility index (Phi) is 4.33. The van der Waals surface area contributed by atoms with Crippen LogP contribution >= 0.6 is 0 Å². The van der Waals surface area contributed by atoms with Crippen LogP contribution in [0, 0.1) is 5.41 Å². The number of rotatable bonds is 3. The molecule has 0 saturated carbocycles. The van der Waals surface area contributed by atoms with Crippen LogP contribution < -0.4 is 0 Å². The fourth-order valence-electron chi connectivity index (χ4n) is 3.09. The fourth-order valence-corrected chi connectivity index (χ4v) is 4.87. The van der Waals surface area contributed by atoms with Crippen molar-refractivity contribution in [2.45, 2.75) is 39.2 Å². The first-order valence-corrected chi connectivity index (χ1v) is 9.24. The van der Waals surface area contributed by atoms with E-state index in [9.17, 15) is 18.0 Å². The molecule has 2 amide bonds. The molecule has 0 aromatic rings. The number of sulfone groups is 1. The average molecular weight is 316 g/mol. The first-order chi connectivity index (χ1) is 9.65. The molecule has 21 heavy (non-hydrogen) atoms. The molecule has 0 N–H and O–H groups in total. The summed E-state index contributed by atoms with van der Waals surface area (Å²) in [7, 11) is -1.44. The van der Waals surface area contributed by atoms with E-state index in [4.69, 9.17) is 0 Å². The maximum atomic E-state index is 12.6. The maximum Gasteiger partial charge on any atom is 0.237 e. The molecule has 0 aromatic heterocycles. The number of amides is 2. The molecule has 2 rings (SSSR count). The summed E-state index contributed by atoms with van der Waals surface area (Å²) in [4.78, 5) is 28.4. The highest BCUT2D eigenvalue weighted by Gasteiger charge is 2.44. The predicted octanol–water partition coefficient (Wildman–Crippen LogP) is 0.281. The fraction of sp³-hybridized carbons (Fsp3) is 0.857. The minimum Gasteiger partial charge on any atom is -0.342 e. The normalized spacial score (nSPS) is 25.1. The predicted molar refractivity (Wildman–Crippen MR) is 79.4 cm³/mol. The molecule has 0 spiro atoms. The van der Waals surface area contributed by atoms with Gasteiger partial charge in [-0.2, -0.15) is 0 Å². The van der Waals surface area contributed by atoms with Crippen molar-refractivity contribution >= 4 is 21.7 Å². The lowest BCUT2D eigenvalue weighted by molar-refractivity contribution is -0.153. The number of hydrogen-bond acceptors (Lipinski definition) is 4. The highest BCUT2D eigenvalue weighted by atomic mass is 32.2. The summed E-state index contributed by atoms with van der Waals surface area (Å²) in [6.45, 7) is 4.68. The van der Waals surface area contributed by atoms with Gasteiger partial charge in [-0.3, -0.25) is 9.59 Å². The lowest BCUT2D eigenvalue weighted by Crippen LogP contribution is -2.52. The Bertz CT molecular complexity index is 535. The Morgan fingerprint density at radius 1 is 1.19 bits per heavy atom. The van der Waals surface area contributed by atoms with Crippen LogP contribution in [-0.4, -0.2) is 67.7 Å². The van der Waals surface area contributed by atoms with Gasteiger partial charge in [0, 0.05) is 26.2 Å². The molecule has 2 aliphatic heterocycles. The number of carbonyl (C=O) groups excluding carboxylic acids is 2. The molecule has 0 aromatic carbocycles. The maximum absolute atomic E-state index is 12.6. The highest BCUT2D eigenvalue weighted by Crippen LogP contribution is 2.27. The van der Waals surface area contributed by atoms with Crippen LogP contribution in [-0.2, 0) is 19.4 Å². The largest absolute Gasteiger partial charge is 0.342 e. The third kappa shape index (κ3) is 3.22. The van der Waals surface area contributed by atoms with E-state index >= 15 is 0 Å². The van der Waals surface area contributed by atoms with Gasteiger partial charge in [-0.1, -0.05) is 0 Å². The van der Waals surface area contributed by atoms with Gasteiger partial charge in [0.2, 0.25) is 11.8 Å². The first-order valence-electron chi connectivity index (χ1n) is 7.42. The van der Waals surface area contributed by atoms with Crippen LogP contribution in [0.2, 0.25) is 0 Å². The molecule has 0 aliphatic carbocycles. The molecule has 6 nitrogen and oxygen atoms in total. The zero-order valence-electron chi connectivity index (χ0n) is 13.0. The number of hydrogen-bond donors (Lipinski definition) is 0. The van der Waals surface area contributed by atoms with E-state index in [2.05, 4.69) is 0 Å². The van der Waals surface area contributed by atoms with E-state index in [0.29, 0.717) is 19.5 Å². The van der Waals surface area contributed by atoms with Crippen molar-refractivity contribution in [2.75, 3.05) is 31.6 Å². The molecule has 2 fully saturated rings. The number of carbonyl (C=O) groups is 2. The smallest absolute Gasteiger partial charge is 0.237 e. The third-order valence-electron chi connectivity index (χ3n) is 4.54. The monoisotopic (exact) mass is 316 g/mol. The van der Waals surface area contributed by atoms with Gasteiger partial charge in [0.25, 0.3) is 0 Å². The van der Waals surface area contributed by atoms with Gasteiger partial charge < -0.3 is 9.80 Å². The number of likely N-dealkylation sites (tertiary alicyclic amines) is 1. The van der Waals surface area contributed by atoms with Crippen molar-refractivity contribution in [3.05, 3.63) is 0 Å². The van der Waals surface area contributed by atoms with E-state index in [0.717, 1.165) is 12.8 Å². The Labute approximate surface area is 126 Å². The minimum absolute atomic E-state index is 0.00320. The molecule has 120 valence electrons. The van der Waals surface area contributed by atoms with Crippen LogP contribution in [0.1, 0.15) is 33.1 Å². The average Bonchev–Trinajstić information content (AvgIpc) is 3.05. The third-order valence-corrected chi connectivity index (χ3v) is 6.29. The standard InChI is InChI=1S/C14H24N2O4S/c1-14(2,13(18)16-7-4-5-8-16)12(17)15(3)11-6-9-21(19,20)10-11/h11H,4-10H2,1-3H3. The molecule has 2 aliphatic rings. The lowest BCUT2D eigenvalue weighted by atomic mass is 9.89. The van der Waals surface area contributed by atoms with Crippen molar-refractivity contribution in [3.8, 4) is 0 Å². The summed E-state index contributed by atoms with van der Waals surface area (Å²) < 4.78 is 23.1. The molecule has 0 bridgehead atoms. The highest BCUT2D eigenvalue weighted by molar-refractivity contribution is 7.91. The van der Waals surface area contributed by atoms with Crippen LogP contribution in [0.15, 0.2) is 0 Å². The Hall–Kier alpha value is -1.11. The Balaban J connectivity index is 2.08. The van der Waals surface area contributed by atoms with Crippen LogP contribution in [0.4, 0.5) is 0 Å². The van der Waals surface area contributed by atoms with Crippen molar-refractivity contribution in [2.24, 2.45) is 5.41 Å². The van der Waals surface area contributed by atoms with Crippen molar-refractivity contribution in [1.82, 2.24) is 9.80 Å². The van der Waals surface area contributed by atoms with Gasteiger partial charge in [0.05, 0.1) is 11.5 Å². The summed E-state index contributed by atoms with van der Waals surface area (Å²) >= 11 is 0. The lowest BCUT2D eigenvalue weighted by Gasteiger charge is -2.34. The summed E-state index contributed by atoms with van der Waals surface area (Å²) in [6, 6.07) is -0.312. The van der Waals surface area contributed by atoms with Crippen LogP contribution in [0.25, 0.3) is 0 Å². The molecule has 2 saturated heterocycles. The van der Waals surface area contributed by atoms with E-state index < -0.39 is 15.3 Å². The molecule has 0 radical (unpaired) electrons. The topological polar surface area (TPSA) is 74.8 Å². The second kappa shape index (κ2) is 5.59. The molecular weight excluding hydrogens is 292 g/mol. The molecular formula is C14H24N2O4S. The quantitative estimate of drug-likeness (QED) is 0.701. The van der Waals surface area contributed by atoms with Gasteiger partial charge >= 0.3 is 0 Å². The summed E-state index contributed by atoms with van der Waals surface area (Å²) in [5.41, 5.74) is -1.13. The van der Waals surface area contributed by atoms with Crippen LogP contribution in [0.3, 0.4) is 0 Å². The van der Waals surface area contributed by atoms with Gasteiger partial charge in [0.15, 0.2) is 9.84 Å². The van der Waals surface area contributed by atoms with Gasteiger partial charge in [-0.05, 0) is 33.1 Å². The zero-order chi connectivity index (χ0) is 15.8. The second-order valence-corrected chi connectivity index (χ2v) is 8.83. The second-order valence-electron chi connectivity index (χ2n) is 6.60. The molecule has 1 unspecified atom stereocenters. The van der Waals surface area contributed by atoms with E-state index in [-0.39, 0.29) is 29.4 Å². The van der Waals surface area contributed by atoms with E-state index in [1.165, 1.54) is 4.90 Å².